The van der Waals surface area contributed by atoms with Gasteiger partial charge in [-0.1, -0.05) is 59.6 Å². The van der Waals surface area contributed by atoms with E-state index in [9.17, 15) is 14.7 Å². The van der Waals surface area contributed by atoms with Gasteiger partial charge in [0.15, 0.2) is 0 Å². The molecule has 4 aromatic rings. The smallest absolute Gasteiger partial charge is 0.295 e. The molecule has 5 rings (SSSR count). The Morgan fingerprint density at radius 3 is 2.41 bits per heavy atom. The number of Topliss-reactive ketones (excluding diaryl/α,β-unsaturated/α-hetero) is 1. The first kappa shape index (κ1) is 22.3. The zero-order chi connectivity index (χ0) is 23.8. The zero-order valence-electron chi connectivity index (χ0n) is 18.0. The van der Waals surface area contributed by atoms with E-state index in [1.807, 2.05) is 30.5 Å². The number of rotatable bonds is 5. The number of likely N-dealkylation sites (tertiary alicyclic amines) is 1. The van der Waals surface area contributed by atoms with Crippen LogP contribution in [0.2, 0.25) is 10.0 Å². The van der Waals surface area contributed by atoms with Gasteiger partial charge in [0.25, 0.3) is 11.7 Å². The van der Waals surface area contributed by atoms with Gasteiger partial charge in [0.1, 0.15) is 5.76 Å². The summed E-state index contributed by atoms with van der Waals surface area (Å²) in [6.45, 7) is 0.277. The Labute approximate surface area is 206 Å². The van der Waals surface area contributed by atoms with Crippen LogP contribution < -0.4 is 0 Å². The topological polar surface area (TPSA) is 73.4 Å². The van der Waals surface area contributed by atoms with E-state index in [-0.39, 0.29) is 17.9 Å². The number of hydrogen-bond acceptors (Lipinski definition) is 3. The number of benzene rings is 3. The highest BCUT2D eigenvalue weighted by Crippen LogP contribution is 2.42. The van der Waals surface area contributed by atoms with Gasteiger partial charge >= 0.3 is 0 Å². The molecule has 0 unspecified atom stereocenters. The minimum atomic E-state index is -0.811. The molecule has 170 valence electrons. The number of hydrogen-bond donors (Lipinski definition) is 2. The molecular formula is C27H20Cl2N2O3. The van der Waals surface area contributed by atoms with Crippen molar-refractivity contribution in [1.82, 2.24) is 9.88 Å². The summed E-state index contributed by atoms with van der Waals surface area (Å²) in [7, 11) is 0. The summed E-state index contributed by atoms with van der Waals surface area (Å²) in [6, 6.07) is 20.6. The quantitative estimate of drug-likeness (QED) is 0.200. The highest BCUT2D eigenvalue weighted by Gasteiger charge is 2.46. The first-order valence-corrected chi connectivity index (χ1v) is 11.5. The van der Waals surface area contributed by atoms with Gasteiger partial charge in [0, 0.05) is 39.3 Å². The third kappa shape index (κ3) is 3.87. The summed E-state index contributed by atoms with van der Waals surface area (Å²) in [6.07, 6.45) is 2.44. The van der Waals surface area contributed by atoms with Gasteiger partial charge in [-0.3, -0.25) is 9.59 Å². The van der Waals surface area contributed by atoms with Crippen molar-refractivity contribution in [3.05, 3.63) is 111 Å². The van der Waals surface area contributed by atoms with Crippen LogP contribution in [-0.4, -0.2) is 33.2 Å². The van der Waals surface area contributed by atoms with Gasteiger partial charge in [0.05, 0.1) is 11.6 Å². The Kier molecular flexibility index (Phi) is 5.90. The van der Waals surface area contributed by atoms with Crippen LogP contribution in [-0.2, 0) is 16.0 Å². The lowest BCUT2D eigenvalue weighted by molar-refractivity contribution is -0.139. The Hall–Kier alpha value is -3.54. The molecule has 0 aliphatic carbocycles. The molecule has 1 fully saturated rings. The fourth-order valence-electron chi connectivity index (χ4n) is 4.47. The van der Waals surface area contributed by atoms with Crippen LogP contribution in [0.15, 0.2) is 84.6 Å². The second-order valence-electron chi connectivity index (χ2n) is 8.13. The molecular weight excluding hydrogens is 471 g/mol. The van der Waals surface area contributed by atoms with Crippen LogP contribution in [0.1, 0.15) is 22.7 Å². The van der Waals surface area contributed by atoms with Crippen molar-refractivity contribution < 1.29 is 14.7 Å². The number of aromatic nitrogens is 1. The number of nitrogens with zero attached hydrogens (tertiary/aromatic N) is 1. The molecule has 2 heterocycles. The average Bonchev–Trinajstić information content (AvgIpc) is 3.37. The lowest BCUT2D eigenvalue weighted by Crippen LogP contribution is -2.31. The lowest BCUT2D eigenvalue weighted by Gasteiger charge is -2.26. The minimum absolute atomic E-state index is 0.0133. The Bertz CT molecular complexity index is 1440. The number of aliphatic hydroxyl groups excluding tert-OH is 1. The van der Waals surface area contributed by atoms with E-state index < -0.39 is 17.7 Å². The molecule has 1 aromatic heterocycles. The van der Waals surface area contributed by atoms with Gasteiger partial charge in [-0.15, -0.1) is 0 Å². The largest absolute Gasteiger partial charge is 0.507 e. The second-order valence-corrected chi connectivity index (χ2v) is 8.97. The molecule has 1 amide bonds. The van der Waals surface area contributed by atoms with E-state index in [1.165, 1.54) is 4.90 Å². The first-order chi connectivity index (χ1) is 16.5. The van der Waals surface area contributed by atoms with Crippen LogP contribution >= 0.6 is 23.2 Å². The van der Waals surface area contributed by atoms with Crippen molar-refractivity contribution in [3.63, 3.8) is 0 Å². The highest BCUT2D eigenvalue weighted by atomic mass is 35.5. The molecule has 5 nitrogen and oxygen atoms in total. The number of aliphatic hydroxyl groups is 1. The predicted molar refractivity (Wildman–Crippen MR) is 134 cm³/mol. The number of nitrogens with one attached hydrogen (secondary N) is 1. The van der Waals surface area contributed by atoms with Gasteiger partial charge < -0.3 is 15.0 Å². The number of halogens is 2. The molecule has 1 saturated heterocycles. The van der Waals surface area contributed by atoms with Crippen LogP contribution in [0.4, 0.5) is 0 Å². The third-order valence-corrected chi connectivity index (χ3v) is 6.75. The van der Waals surface area contributed by atoms with E-state index in [0.717, 1.165) is 16.5 Å². The van der Waals surface area contributed by atoms with Gasteiger partial charge in [0.2, 0.25) is 0 Å². The summed E-state index contributed by atoms with van der Waals surface area (Å²) in [5.74, 6) is -1.66. The molecule has 2 N–H and O–H groups in total. The SMILES string of the molecule is O=C1C(=O)N(CCc2c[nH]c3ccccc23)[C@H](c2ccccc2Cl)C1=C(O)c1ccc(Cl)cc1. The van der Waals surface area contributed by atoms with E-state index in [4.69, 9.17) is 23.2 Å². The Balaban J connectivity index is 1.58. The minimum Gasteiger partial charge on any atom is -0.507 e. The fourth-order valence-corrected chi connectivity index (χ4v) is 4.84. The predicted octanol–water partition coefficient (Wildman–Crippen LogP) is 6.14. The van der Waals surface area contributed by atoms with Crippen LogP contribution in [0.25, 0.3) is 16.7 Å². The average molecular weight is 491 g/mol. The van der Waals surface area contributed by atoms with Crippen molar-refractivity contribution in [2.24, 2.45) is 0 Å². The van der Waals surface area contributed by atoms with E-state index in [2.05, 4.69) is 4.98 Å². The maximum atomic E-state index is 13.2. The molecule has 3 aromatic carbocycles. The molecule has 0 saturated carbocycles. The first-order valence-electron chi connectivity index (χ1n) is 10.8. The molecule has 7 heteroatoms. The molecule has 1 atom stereocenters. The van der Waals surface area contributed by atoms with Gasteiger partial charge in [-0.05, 0) is 53.9 Å². The van der Waals surface area contributed by atoms with Crippen molar-refractivity contribution in [3.8, 4) is 0 Å². The summed E-state index contributed by atoms with van der Waals surface area (Å²) in [5.41, 5.74) is 3.03. The van der Waals surface area contributed by atoms with E-state index in [0.29, 0.717) is 27.6 Å². The number of para-hydroxylation sites is 1. The zero-order valence-corrected chi connectivity index (χ0v) is 19.5. The molecule has 0 spiro atoms. The summed E-state index contributed by atoms with van der Waals surface area (Å²) >= 11 is 12.5. The normalized spacial score (nSPS) is 17.6. The molecule has 34 heavy (non-hydrogen) atoms. The monoisotopic (exact) mass is 490 g/mol. The molecule has 1 aliphatic rings. The Morgan fingerprint density at radius 2 is 1.65 bits per heavy atom. The number of fused-ring (bicyclic) bond motifs is 1. The summed E-state index contributed by atoms with van der Waals surface area (Å²) < 4.78 is 0. The maximum Gasteiger partial charge on any atom is 0.295 e. The third-order valence-electron chi connectivity index (χ3n) is 6.15. The number of carbonyl (C=O) groups excluding carboxylic acids is 2. The van der Waals surface area contributed by atoms with Crippen molar-refractivity contribution in [2.45, 2.75) is 12.5 Å². The van der Waals surface area contributed by atoms with E-state index >= 15 is 0 Å². The molecule has 0 bridgehead atoms. The Morgan fingerprint density at radius 1 is 0.941 bits per heavy atom. The number of ketones is 1. The summed E-state index contributed by atoms with van der Waals surface area (Å²) in [5, 5.41) is 13.1. The van der Waals surface area contributed by atoms with Crippen LogP contribution in [0, 0.1) is 0 Å². The van der Waals surface area contributed by atoms with E-state index in [1.54, 1.807) is 48.5 Å². The number of amides is 1. The van der Waals surface area contributed by atoms with Gasteiger partial charge in [-0.2, -0.15) is 0 Å². The van der Waals surface area contributed by atoms with Crippen molar-refractivity contribution >= 4 is 51.6 Å². The standard InChI is InChI=1S/C27H20Cl2N2O3/c28-18-11-9-16(10-12-18)25(32)23-24(20-6-1-3-7-21(20)29)31(27(34)26(23)33)14-13-17-15-30-22-8-4-2-5-19(17)22/h1-12,15,24,30,32H,13-14H2/t24-/m1/s1. The maximum absolute atomic E-state index is 13.2. The van der Waals surface area contributed by atoms with Crippen molar-refractivity contribution in [1.29, 1.82) is 0 Å². The highest BCUT2D eigenvalue weighted by molar-refractivity contribution is 6.47. The lowest BCUT2D eigenvalue weighted by atomic mass is 9.95. The second kappa shape index (κ2) is 9.01. The number of H-pyrrole nitrogens is 1. The van der Waals surface area contributed by atoms with Gasteiger partial charge in [-0.25, -0.2) is 0 Å². The van der Waals surface area contributed by atoms with Crippen LogP contribution in [0.5, 0.6) is 0 Å². The van der Waals surface area contributed by atoms with Crippen molar-refractivity contribution in [2.75, 3.05) is 6.54 Å². The van der Waals surface area contributed by atoms with Crippen LogP contribution in [0.3, 0.4) is 0 Å². The summed E-state index contributed by atoms with van der Waals surface area (Å²) in [4.78, 5) is 31.1. The molecule has 1 aliphatic heterocycles. The number of aromatic amines is 1. The fraction of sp³-hybridized carbons (Fsp3) is 0.111. The molecule has 0 radical (unpaired) electrons. The number of carbonyl (C=O) groups is 2.